The van der Waals surface area contributed by atoms with Crippen molar-refractivity contribution in [2.75, 3.05) is 0 Å². The van der Waals surface area contributed by atoms with Gasteiger partial charge in [0.25, 0.3) is 0 Å². The standard InChI is InChI=1S/C15H23NO/c1-3-12-6-8-13(9-7-12)15(2,17)14-5-4-10-16-11-14/h4-5,10-13,17H,3,6-9H2,1-2H3. The fourth-order valence-corrected chi connectivity index (χ4v) is 3.03. The van der Waals surface area contributed by atoms with Gasteiger partial charge in [0.2, 0.25) is 0 Å². The number of aromatic nitrogens is 1. The molecule has 1 aromatic rings. The summed E-state index contributed by atoms with van der Waals surface area (Å²) in [6, 6.07) is 3.89. The average Bonchev–Trinajstić information content (AvgIpc) is 2.40. The van der Waals surface area contributed by atoms with Crippen molar-refractivity contribution >= 4 is 0 Å². The van der Waals surface area contributed by atoms with Gasteiger partial charge in [0, 0.05) is 18.0 Å². The molecule has 0 saturated heterocycles. The first-order chi connectivity index (χ1) is 8.14. The minimum Gasteiger partial charge on any atom is -0.385 e. The van der Waals surface area contributed by atoms with Crippen LogP contribution in [0.3, 0.4) is 0 Å². The van der Waals surface area contributed by atoms with Crippen molar-refractivity contribution in [3.8, 4) is 0 Å². The van der Waals surface area contributed by atoms with E-state index in [4.69, 9.17) is 0 Å². The number of rotatable bonds is 3. The van der Waals surface area contributed by atoms with Crippen LogP contribution in [0.4, 0.5) is 0 Å². The lowest BCUT2D eigenvalue weighted by molar-refractivity contribution is -0.0278. The molecule has 0 radical (unpaired) electrons. The van der Waals surface area contributed by atoms with E-state index in [1.54, 1.807) is 12.4 Å². The maximum absolute atomic E-state index is 10.7. The smallest absolute Gasteiger partial charge is 0.0911 e. The Bertz CT molecular complexity index is 339. The highest BCUT2D eigenvalue weighted by Crippen LogP contribution is 2.41. The fraction of sp³-hybridized carbons (Fsp3) is 0.667. The summed E-state index contributed by atoms with van der Waals surface area (Å²) in [5.74, 6) is 1.26. The van der Waals surface area contributed by atoms with Gasteiger partial charge in [-0.25, -0.2) is 0 Å². The van der Waals surface area contributed by atoms with Gasteiger partial charge in [0.05, 0.1) is 5.60 Å². The quantitative estimate of drug-likeness (QED) is 0.866. The molecule has 1 saturated carbocycles. The predicted octanol–water partition coefficient (Wildman–Crippen LogP) is 3.51. The van der Waals surface area contributed by atoms with Crippen LogP contribution in [0.5, 0.6) is 0 Å². The largest absolute Gasteiger partial charge is 0.385 e. The maximum Gasteiger partial charge on any atom is 0.0911 e. The number of aliphatic hydroxyl groups is 1. The Morgan fingerprint density at radius 2 is 2.06 bits per heavy atom. The van der Waals surface area contributed by atoms with Crippen LogP contribution < -0.4 is 0 Å². The van der Waals surface area contributed by atoms with Crippen LogP contribution in [-0.2, 0) is 5.60 Å². The van der Waals surface area contributed by atoms with Gasteiger partial charge in [0.1, 0.15) is 0 Å². The summed E-state index contributed by atoms with van der Waals surface area (Å²) in [4.78, 5) is 4.12. The van der Waals surface area contributed by atoms with Gasteiger partial charge < -0.3 is 5.11 Å². The summed E-state index contributed by atoms with van der Waals surface area (Å²) >= 11 is 0. The van der Waals surface area contributed by atoms with Crippen LogP contribution in [0.1, 0.15) is 51.5 Å². The van der Waals surface area contributed by atoms with Crippen LogP contribution in [0.2, 0.25) is 0 Å². The van der Waals surface area contributed by atoms with E-state index < -0.39 is 5.60 Å². The summed E-state index contributed by atoms with van der Waals surface area (Å²) in [6.45, 7) is 4.21. The van der Waals surface area contributed by atoms with Crippen molar-refractivity contribution in [3.05, 3.63) is 30.1 Å². The molecule has 1 aliphatic carbocycles. The van der Waals surface area contributed by atoms with E-state index in [0.717, 1.165) is 24.3 Å². The molecular weight excluding hydrogens is 210 g/mol. The van der Waals surface area contributed by atoms with E-state index in [0.29, 0.717) is 5.92 Å². The monoisotopic (exact) mass is 233 g/mol. The summed E-state index contributed by atoms with van der Waals surface area (Å²) < 4.78 is 0. The molecule has 94 valence electrons. The topological polar surface area (TPSA) is 33.1 Å². The first kappa shape index (κ1) is 12.6. The van der Waals surface area contributed by atoms with Gasteiger partial charge in [-0.15, -0.1) is 0 Å². The number of hydrogen-bond donors (Lipinski definition) is 1. The Labute approximate surface area is 104 Å². The molecule has 2 heteroatoms. The minimum atomic E-state index is -0.715. The maximum atomic E-state index is 10.7. The van der Waals surface area contributed by atoms with Crippen LogP contribution >= 0.6 is 0 Å². The van der Waals surface area contributed by atoms with Gasteiger partial charge in [-0.05, 0) is 37.7 Å². The molecule has 1 N–H and O–H groups in total. The molecule has 0 amide bonds. The second kappa shape index (κ2) is 5.18. The van der Waals surface area contributed by atoms with Crippen molar-refractivity contribution in [3.63, 3.8) is 0 Å². The highest BCUT2D eigenvalue weighted by atomic mass is 16.3. The Morgan fingerprint density at radius 1 is 1.35 bits per heavy atom. The van der Waals surface area contributed by atoms with Crippen molar-refractivity contribution in [2.24, 2.45) is 11.8 Å². The molecule has 0 spiro atoms. The third-order valence-corrected chi connectivity index (χ3v) is 4.47. The number of pyridine rings is 1. The van der Waals surface area contributed by atoms with Gasteiger partial charge in [-0.2, -0.15) is 0 Å². The average molecular weight is 233 g/mol. The highest BCUT2D eigenvalue weighted by molar-refractivity contribution is 5.18. The van der Waals surface area contributed by atoms with Gasteiger partial charge in [0.15, 0.2) is 0 Å². The zero-order chi connectivity index (χ0) is 12.3. The van der Waals surface area contributed by atoms with Crippen molar-refractivity contribution in [1.29, 1.82) is 0 Å². The summed E-state index contributed by atoms with van der Waals surface area (Å²) in [6.07, 6.45) is 9.64. The van der Waals surface area contributed by atoms with Gasteiger partial charge in [-0.3, -0.25) is 4.98 Å². The van der Waals surface area contributed by atoms with E-state index in [-0.39, 0.29) is 0 Å². The van der Waals surface area contributed by atoms with Crippen molar-refractivity contribution < 1.29 is 5.11 Å². The summed E-state index contributed by atoms with van der Waals surface area (Å²) in [7, 11) is 0. The molecule has 0 aliphatic heterocycles. The van der Waals surface area contributed by atoms with Crippen LogP contribution in [0, 0.1) is 11.8 Å². The van der Waals surface area contributed by atoms with Crippen LogP contribution in [-0.4, -0.2) is 10.1 Å². The first-order valence-electron chi connectivity index (χ1n) is 6.77. The van der Waals surface area contributed by atoms with Gasteiger partial charge >= 0.3 is 0 Å². The molecule has 1 heterocycles. The van der Waals surface area contributed by atoms with Gasteiger partial charge in [-0.1, -0.05) is 32.3 Å². The minimum absolute atomic E-state index is 0.384. The van der Waals surface area contributed by atoms with E-state index in [2.05, 4.69) is 11.9 Å². The summed E-state index contributed by atoms with van der Waals surface area (Å²) in [5.41, 5.74) is 0.243. The molecule has 17 heavy (non-hydrogen) atoms. The van der Waals surface area contributed by atoms with Crippen LogP contribution in [0.25, 0.3) is 0 Å². The van der Waals surface area contributed by atoms with E-state index in [1.807, 2.05) is 19.1 Å². The molecule has 1 fully saturated rings. The molecule has 1 unspecified atom stereocenters. The molecule has 1 aliphatic rings. The second-order valence-electron chi connectivity index (χ2n) is 5.52. The number of hydrogen-bond acceptors (Lipinski definition) is 2. The first-order valence-corrected chi connectivity index (χ1v) is 6.77. The Morgan fingerprint density at radius 3 is 2.59 bits per heavy atom. The SMILES string of the molecule is CCC1CCC(C(C)(O)c2cccnc2)CC1. The van der Waals surface area contributed by atoms with Crippen molar-refractivity contribution in [2.45, 2.75) is 51.6 Å². The third-order valence-electron chi connectivity index (χ3n) is 4.47. The molecule has 2 rings (SSSR count). The normalized spacial score (nSPS) is 28.6. The zero-order valence-corrected chi connectivity index (χ0v) is 10.9. The molecule has 2 nitrogen and oxygen atoms in total. The van der Waals surface area contributed by atoms with E-state index in [9.17, 15) is 5.11 Å². The lowest BCUT2D eigenvalue weighted by Gasteiger charge is -2.38. The molecule has 0 aromatic carbocycles. The highest BCUT2D eigenvalue weighted by Gasteiger charge is 2.36. The zero-order valence-electron chi connectivity index (χ0n) is 10.9. The predicted molar refractivity (Wildman–Crippen MR) is 69.5 cm³/mol. The Balaban J connectivity index is 2.07. The van der Waals surface area contributed by atoms with E-state index in [1.165, 1.54) is 19.3 Å². The van der Waals surface area contributed by atoms with E-state index >= 15 is 0 Å². The number of nitrogens with zero attached hydrogens (tertiary/aromatic N) is 1. The second-order valence-corrected chi connectivity index (χ2v) is 5.52. The molecule has 0 bridgehead atoms. The third kappa shape index (κ3) is 2.68. The molecule has 1 aromatic heterocycles. The lowest BCUT2D eigenvalue weighted by atomic mass is 9.71. The fourth-order valence-electron chi connectivity index (χ4n) is 3.03. The van der Waals surface area contributed by atoms with Crippen LogP contribution in [0.15, 0.2) is 24.5 Å². The Kier molecular flexibility index (Phi) is 3.82. The Hall–Kier alpha value is -0.890. The van der Waals surface area contributed by atoms with Crippen molar-refractivity contribution in [1.82, 2.24) is 4.98 Å². The molecular formula is C15H23NO. The lowest BCUT2D eigenvalue weighted by Crippen LogP contribution is -2.34. The molecule has 1 atom stereocenters. The summed E-state index contributed by atoms with van der Waals surface area (Å²) in [5, 5.41) is 10.7.